The number of likely N-dealkylation sites (tertiary alicyclic amines) is 1. The Labute approximate surface area is 160 Å². The van der Waals surface area contributed by atoms with Crippen molar-refractivity contribution in [2.75, 3.05) is 13.1 Å². The average molecular weight is 412 g/mol. The third-order valence-corrected chi connectivity index (χ3v) is 5.40. The maximum atomic E-state index is 12.7. The Morgan fingerprint density at radius 3 is 2.46 bits per heavy atom. The lowest BCUT2D eigenvalue weighted by atomic mass is 9.96. The van der Waals surface area contributed by atoms with Gasteiger partial charge in [0, 0.05) is 29.0 Å². The molecule has 132 valence electrons. The summed E-state index contributed by atoms with van der Waals surface area (Å²) in [7, 11) is 0. The number of hydrogen-bond donors (Lipinski definition) is 0. The molecule has 0 N–H and O–H groups in total. The van der Waals surface area contributed by atoms with Crippen LogP contribution in [0, 0.1) is 0 Å². The van der Waals surface area contributed by atoms with Crippen molar-refractivity contribution in [2.45, 2.75) is 18.8 Å². The lowest BCUT2D eigenvalue weighted by Crippen LogP contribution is -2.38. The van der Waals surface area contributed by atoms with Crippen LogP contribution in [0.1, 0.15) is 35.0 Å². The predicted octanol–water partition coefficient (Wildman–Crippen LogP) is 4.52. The molecule has 1 aromatic heterocycles. The minimum absolute atomic E-state index is 0.0615. The maximum Gasteiger partial charge on any atom is 0.254 e. The second-order valence-corrected chi connectivity index (χ2v) is 7.22. The minimum Gasteiger partial charge on any atom is -0.339 e. The Morgan fingerprint density at radius 1 is 1.04 bits per heavy atom. The summed E-state index contributed by atoms with van der Waals surface area (Å²) in [6.07, 6.45) is 1.65. The maximum absolute atomic E-state index is 12.7. The van der Waals surface area contributed by atoms with Gasteiger partial charge in [-0.15, -0.1) is 0 Å². The minimum atomic E-state index is 0.0615. The summed E-state index contributed by atoms with van der Waals surface area (Å²) < 4.78 is 6.32. The first-order valence-corrected chi connectivity index (χ1v) is 9.44. The lowest BCUT2D eigenvalue weighted by molar-refractivity contribution is 0.0703. The van der Waals surface area contributed by atoms with E-state index in [4.69, 9.17) is 4.52 Å². The quantitative estimate of drug-likeness (QED) is 0.635. The summed E-state index contributed by atoms with van der Waals surface area (Å²) >= 11 is 3.46. The third-order valence-electron chi connectivity index (χ3n) is 4.71. The largest absolute Gasteiger partial charge is 0.339 e. The first-order valence-electron chi connectivity index (χ1n) is 8.65. The molecule has 5 nitrogen and oxygen atoms in total. The molecule has 1 aliphatic rings. The molecule has 3 aromatic rings. The highest BCUT2D eigenvalue weighted by Crippen LogP contribution is 2.29. The van der Waals surface area contributed by atoms with Crippen molar-refractivity contribution in [3.8, 4) is 11.4 Å². The number of piperidine rings is 1. The van der Waals surface area contributed by atoms with Crippen LogP contribution in [-0.4, -0.2) is 34.0 Å². The lowest BCUT2D eigenvalue weighted by Gasteiger charge is -2.30. The zero-order valence-corrected chi connectivity index (χ0v) is 15.7. The van der Waals surface area contributed by atoms with Crippen LogP contribution < -0.4 is 0 Å². The number of carbonyl (C=O) groups excluding carboxylic acids is 1. The van der Waals surface area contributed by atoms with Crippen LogP contribution in [0.3, 0.4) is 0 Å². The van der Waals surface area contributed by atoms with Crippen LogP contribution in [0.2, 0.25) is 0 Å². The van der Waals surface area contributed by atoms with Gasteiger partial charge >= 0.3 is 0 Å². The van der Waals surface area contributed by atoms with Gasteiger partial charge < -0.3 is 9.42 Å². The number of rotatable bonds is 3. The highest BCUT2D eigenvalue weighted by molar-refractivity contribution is 9.10. The number of nitrogens with zero attached hydrogens (tertiary/aromatic N) is 3. The number of amides is 1. The molecule has 2 aromatic carbocycles. The second kappa shape index (κ2) is 7.41. The zero-order valence-electron chi connectivity index (χ0n) is 14.1. The van der Waals surface area contributed by atoms with Crippen LogP contribution in [0.25, 0.3) is 11.4 Å². The predicted molar refractivity (Wildman–Crippen MR) is 102 cm³/mol. The first-order chi connectivity index (χ1) is 12.7. The van der Waals surface area contributed by atoms with Crippen LogP contribution in [0.15, 0.2) is 63.6 Å². The average Bonchev–Trinajstić information content (AvgIpc) is 3.19. The van der Waals surface area contributed by atoms with E-state index < -0.39 is 0 Å². The standard InChI is InChI=1S/C20H18BrN3O2/c21-17-9-5-4-8-16(17)20(25)24-12-10-15(11-13-24)19-22-18(23-26-19)14-6-2-1-3-7-14/h1-9,15H,10-13H2. The molecule has 2 heterocycles. The Bertz CT molecular complexity index is 902. The van der Waals surface area contributed by atoms with Crippen molar-refractivity contribution < 1.29 is 9.32 Å². The van der Waals surface area contributed by atoms with Gasteiger partial charge in [0.1, 0.15) is 0 Å². The highest BCUT2D eigenvalue weighted by Gasteiger charge is 2.28. The number of benzene rings is 2. The van der Waals surface area contributed by atoms with Gasteiger partial charge in [-0.05, 0) is 40.9 Å². The first kappa shape index (κ1) is 17.0. The Hall–Kier alpha value is -2.47. The Kier molecular flexibility index (Phi) is 4.84. The molecular formula is C20H18BrN3O2. The van der Waals surface area contributed by atoms with E-state index in [9.17, 15) is 4.79 Å². The van der Waals surface area contributed by atoms with Crippen molar-refractivity contribution >= 4 is 21.8 Å². The van der Waals surface area contributed by atoms with Crippen LogP contribution in [0.5, 0.6) is 0 Å². The molecule has 1 fully saturated rings. The van der Waals surface area contributed by atoms with Gasteiger partial charge in [0.05, 0.1) is 5.56 Å². The molecule has 0 aliphatic carbocycles. The van der Waals surface area contributed by atoms with E-state index in [1.165, 1.54) is 0 Å². The van der Waals surface area contributed by atoms with Crippen molar-refractivity contribution in [1.82, 2.24) is 15.0 Å². The summed E-state index contributed by atoms with van der Waals surface area (Å²) in [5.74, 6) is 1.54. The molecule has 26 heavy (non-hydrogen) atoms. The molecule has 0 unspecified atom stereocenters. The molecule has 0 radical (unpaired) electrons. The van der Waals surface area contributed by atoms with E-state index in [0.29, 0.717) is 30.4 Å². The second-order valence-electron chi connectivity index (χ2n) is 6.37. The normalized spacial score (nSPS) is 15.2. The number of aromatic nitrogens is 2. The summed E-state index contributed by atoms with van der Waals surface area (Å²) in [6, 6.07) is 17.3. The number of hydrogen-bond acceptors (Lipinski definition) is 4. The zero-order chi connectivity index (χ0) is 17.9. The number of halogens is 1. The molecular weight excluding hydrogens is 394 g/mol. The van der Waals surface area contributed by atoms with E-state index in [1.807, 2.05) is 59.5 Å². The molecule has 1 aliphatic heterocycles. The smallest absolute Gasteiger partial charge is 0.254 e. The molecule has 0 atom stereocenters. The topological polar surface area (TPSA) is 59.2 Å². The fraction of sp³-hybridized carbons (Fsp3) is 0.250. The molecule has 0 bridgehead atoms. The highest BCUT2D eigenvalue weighted by atomic mass is 79.9. The summed E-state index contributed by atoms with van der Waals surface area (Å²) in [5.41, 5.74) is 1.65. The van der Waals surface area contributed by atoms with E-state index in [2.05, 4.69) is 26.1 Å². The van der Waals surface area contributed by atoms with Gasteiger partial charge in [0.2, 0.25) is 11.7 Å². The van der Waals surface area contributed by atoms with Gasteiger partial charge in [0.25, 0.3) is 5.91 Å². The van der Waals surface area contributed by atoms with E-state index >= 15 is 0 Å². The van der Waals surface area contributed by atoms with Gasteiger partial charge in [-0.3, -0.25) is 4.79 Å². The van der Waals surface area contributed by atoms with Crippen LogP contribution in [-0.2, 0) is 0 Å². The molecule has 0 spiro atoms. The van der Waals surface area contributed by atoms with E-state index in [0.717, 1.165) is 22.9 Å². The summed E-state index contributed by atoms with van der Waals surface area (Å²) in [5, 5.41) is 4.10. The SMILES string of the molecule is O=C(c1ccccc1Br)N1CCC(c2nc(-c3ccccc3)no2)CC1. The van der Waals surface area contributed by atoms with Crippen LogP contribution in [0.4, 0.5) is 0 Å². The Balaban J connectivity index is 1.42. The molecule has 1 saturated heterocycles. The van der Waals surface area contributed by atoms with Crippen LogP contribution >= 0.6 is 15.9 Å². The monoisotopic (exact) mass is 411 g/mol. The van der Waals surface area contributed by atoms with Crippen molar-refractivity contribution in [3.05, 3.63) is 70.5 Å². The van der Waals surface area contributed by atoms with Gasteiger partial charge in [-0.2, -0.15) is 4.98 Å². The molecule has 1 amide bonds. The van der Waals surface area contributed by atoms with Gasteiger partial charge in [-0.1, -0.05) is 47.6 Å². The van der Waals surface area contributed by atoms with Crippen molar-refractivity contribution in [3.63, 3.8) is 0 Å². The summed E-state index contributed by atoms with van der Waals surface area (Å²) in [6.45, 7) is 1.38. The van der Waals surface area contributed by atoms with E-state index in [-0.39, 0.29) is 11.8 Å². The molecule has 4 rings (SSSR count). The number of carbonyl (C=O) groups is 1. The summed E-state index contributed by atoms with van der Waals surface area (Å²) in [4.78, 5) is 19.1. The van der Waals surface area contributed by atoms with Gasteiger partial charge in [0.15, 0.2) is 0 Å². The fourth-order valence-corrected chi connectivity index (χ4v) is 3.69. The fourth-order valence-electron chi connectivity index (χ4n) is 3.24. The molecule has 0 saturated carbocycles. The Morgan fingerprint density at radius 2 is 1.73 bits per heavy atom. The molecule has 6 heteroatoms. The van der Waals surface area contributed by atoms with Gasteiger partial charge in [-0.25, -0.2) is 0 Å². The van der Waals surface area contributed by atoms with Crippen molar-refractivity contribution in [2.24, 2.45) is 0 Å². The third kappa shape index (κ3) is 3.42. The van der Waals surface area contributed by atoms with E-state index in [1.54, 1.807) is 0 Å². The van der Waals surface area contributed by atoms with Crippen molar-refractivity contribution in [1.29, 1.82) is 0 Å².